The van der Waals surface area contributed by atoms with Crippen molar-refractivity contribution < 1.29 is 4.74 Å². The van der Waals surface area contributed by atoms with Gasteiger partial charge in [0.05, 0.1) is 12.8 Å². The van der Waals surface area contributed by atoms with Crippen molar-refractivity contribution in [1.82, 2.24) is 9.55 Å². The molecule has 0 spiro atoms. The molecule has 0 aliphatic carbocycles. The van der Waals surface area contributed by atoms with E-state index in [4.69, 9.17) is 4.74 Å². The summed E-state index contributed by atoms with van der Waals surface area (Å²) in [7, 11) is 1.73. The van der Waals surface area contributed by atoms with Gasteiger partial charge in [0, 0.05) is 18.0 Å². The van der Waals surface area contributed by atoms with E-state index >= 15 is 0 Å². The predicted octanol–water partition coefficient (Wildman–Crippen LogP) is 5.23. The summed E-state index contributed by atoms with van der Waals surface area (Å²) < 4.78 is 7.72. The second kappa shape index (κ2) is 6.91. The first-order valence-electron chi connectivity index (χ1n) is 8.45. The van der Waals surface area contributed by atoms with Crippen LogP contribution in [0.4, 0.5) is 0 Å². The molecule has 3 heteroatoms. The lowest BCUT2D eigenvalue weighted by atomic mass is 9.95. The Bertz CT molecular complexity index is 819. The van der Waals surface area contributed by atoms with Crippen molar-refractivity contribution in [3.63, 3.8) is 0 Å². The van der Waals surface area contributed by atoms with Crippen LogP contribution in [-0.2, 0) is 6.42 Å². The zero-order valence-corrected chi connectivity index (χ0v) is 14.8. The third-order valence-corrected chi connectivity index (χ3v) is 4.34. The minimum Gasteiger partial charge on any atom is -0.497 e. The summed E-state index contributed by atoms with van der Waals surface area (Å²) in [4.78, 5) is 4.61. The average Bonchev–Trinajstić information content (AvgIpc) is 3.10. The number of methoxy groups -OCH3 is 1. The van der Waals surface area contributed by atoms with Crippen molar-refractivity contribution in [3.8, 4) is 22.8 Å². The first-order valence-corrected chi connectivity index (χ1v) is 8.45. The molecule has 0 N–H and O–H groups in total. The molecule has 0 aliphatic rings. The maximum absolute atomic E-state index is 5.51. The standard InChI is InChI=1S/C21H24N2O/c1-5-16-13-18(24-4)14-19(15(2)3)20(16)23-12-11-22-21(23)17-9-7-6-8-10-17/h6-15H,5H2,1-4H3. The quantitative estimate of drug-likeness (QED) is 0.643. The highest BCUT2D eigenvalue weighted by Crippen LogP contribution is 2.34. The van der Waals surface area contributed by atoms with Gasteiger partial charge < -0.3 is 4.74 Å². The lowest BCUT2D eigenvalue weighted by molar-refractivity contribution is 0.413. The highest BCUT2D eigenvalue weighted by molar-refractivity contribution is 5.63. The van der Waals surface area contributed by atoms with Gasteiger partial charge in [-0.2, -0.15) is 0 Å². The van der Waals surface area contributed by atoms with Crippen molar-refractivity contribution in [2.75, 3.05) is 7.11 Å². The summed E-state index contributed by atoms with van der Waals surface area (Å²) in [6.45, 7) is 6.62. The largest absolute Gasteiger partial charge is 0.497 e. The fourth-order valence-corrected chi connectivity index (χ4v) is 3.09. The Morgan fingerprint density at radius 1 is 1.12 bits per heavy atom. The molecular weight excluding hydrogens is 296 g/mol. The number of benzene rings is 2. The van der Waals surface area contributed by atoms with Gasteiger partial charge in [0.15, 0.2) is 0 Å². The highest BCUT2D eigenvalue weighted by atomic mass is 16.5. The van der Waals surface area contributed by atoms with Gasteiger partial charge in [0.2, 0.25) is 0 Å². The average molecular weight is 320 g/mol. The van der Waals surface area contributed by atoms with Crippen LogP contribution in [0.3, 0.4) is 0 Å². The third kappa shape index (κ3) is 2.94. The number of imidazole rings is 1. The molecule has 3 aromatic rings. The Hall–Kier alpha value is -2.55. The van der Waals surface area contributed by atoms with Crippen LogP contribution in [0.2, 0.25) is 0 Å². The van der Waals surface area contributed by atoms with E-state index in [-0.39, 0.29) is 0 Å². The normalized spacial score (nSPS) is 11.0. The molecule has 0 fully saturated rings. The molecule has 124 valence electrons. The van der Waals surface area contributed by atoms with Gasteiger partial charge in [-0.15, -0.1) is 0 Å². The summed E-state index contributed by atoms with van der Waals surface area (Å²) in [5, 5.41) is 0. The molecular formula is C21H24N2O. The monoisotopic (exact) mass is 320 g/mol. The van der Waals surface area contributed by atoms with Crippen LogP contribution in [-0.4, -0.2) is 16.7 Å². The lowest BCUT2D eigenvalue weighted by Crippen LogP contribution is -2.07. The smallest absolute Gasteiger partial charge is 0.144 e. The first kappa shape index (κ1) is 16.3. The van der Waals surface area contributed by atoms with Crippen LogP contribution in [0.15, 0.2) is 54.9 Å². The Morgan fingerprint density at radius 3 is 2.50 bits per heavy atom. The zero-order chi connectivity index (χ0) is 17.1. The van der Waals surface area contributed by atoms with E-state index in [1.165, 1.54) is 16.8 Å². The van der Waals surface area contributed by atoms with Gasteiger partial charge in [0.1, 0.15) is 11.6 Å². The topological polar surface area (TPSA) is 27.1 Å². The molecule has 3 rings (SSSR count). The molecule has 3 nitrogen and oxygen atoms in total. The summed E-state index contributed by atoms with van der Waals surface area (Å²) in [5.74, 6) is 2.28. The molecule has 0 atom stereocenters. The van der Waals surface area contributed by atoms with Crippen LogP contribution < -0.4 is 4.74 Å². The molecule has 0 bridgehead atoms. The molecule has 1 heterocycles. The fraction of sp³-hybridized carbons (Fsp3) is 0.286. The van der Waals surface area contributed by atoms with Gasteiger partial charge in [-0.25, -0.2) is 4.98 Å². The highest BCUT2D eigenvalue weighted by Gasteiger charge is 2.18. The Labute approximate surface area is 143 Å². The van der Waals surface area contributed by atoms with E-state index in [9.17, 15) is 0 Å². The molecule has 1 aromatic heterocycles. The van der Waals surface area contributed by atoms with E-state index in [1.807, 2.05) is 24.4 Å². The van der Waals surface area contributed by atoms with E-state index in [1.54, 1.807) is 7.11 Å². The van der Waals surface area contributed by atoms with Gasteiger partial charge in [-0.3, -0.25) is 4.57 Å². The number of rotatable bonds is 5. The Balaban J connectivity index is 2.26. The van der Waals surface area contributed by atoms with Gasteiger partial charge >= 0.3 is 0 Å². The van der Waals surface area contributed by atoms with Crippen molar-refractivity contribution in [1.29, 1.82) is 0 Å². The minimum absolute atomic E-state index is 0.395. The van der Waals surface area contributed by atoms with Crippen LogP contribution in [0.25, 0.3) is 17.1 Å². The number of aromatic nitrogens is 2. The van der Waals surface area contributed by atoms with Crippen molar-refractivity contribution in [2.24, 2.45) is 0 Å². The third-order valence-electron chi connectivity index (χ3n) is 4.34. The minimum atomic E-state index is 0.395. The zero-order valence-electron chi connectivity index (χ0n) is 14.8. The Kier molecular flexibility index (Phi) is 4.70. The second-order valence-electron chi connectivity index (χ2n) is 6.22. The van der Waals surface area contributed by atoms with Crippen LogP contribution in [0, 0.1) is 0 Å². The van der Waals surface area contributed by atoms with Crippen molar-refractivity contribution in [2.45, 2.75) is 33.1 Å². The maximum Gasteiger partial charge on any atom is 0.144 e. The summed E-state index contributed by atoms with van der Waals surface area (Å²) in [5.41, 5.74) is 4.90. The molecule has 0 aliphatic heterocycles. The van der Waals surface area contributed by atoms with Gasteiger partial charge in [-0.1, -0.05) is 51.1 Å². The maximum atomic E-state index is 5.51. The molecule has 0 saturated carbocycles. The predicted molar refractivity (Wildman–Crippen MR) is 99.0 cm³/mol. The number of ether oxygens (including phenoxy) is 1. The van der Waals surface area contributed by atoms with Gasteiger partial charge in [-0.05, 0) is 35.6 Å². The van der Waals surface area contributed by atoms with Crippen LogP contribution in [0.5, 0.6) is 5.75 Å². The number of hydrogen-bond acceptors (Lipinski definition) is 2. The van der Waals surface area contributed by atoms with E-state index in [0.717, 1.165) is 23.6 Å². The Morgan fingerprint density at radius 2 is 1.88 bits per heavy atom. The summed E-state index contributed by atoms with van der Waals surface area (Å²) >= 11 is 0. The first-order chi connectivity index (χ1) is 11.7. The number of nitrogens with zero attached hydrogens (tertiary/aromatic N) is 2. The molecule has 0 amide bonds. The number of aryl methyl sites for hydroxylation is 1. The SMILES string of the molecule is CCc1cc(OC)cc(C(C)C)c1-n1ccnc1-c1ccccc1. The van der Waals surface area contributed by atoms with Gasteiger partial charge in [0.25, 0.3) is 0 Å². The van der Waals surface area contributed by atoms with E-state index in [0.29, 0.717) is 5.92 Å². The molecule has 0 unspecified atom stereocenters. The molecule has 2 aromatic carbocycles. The molecule has 24 heavy (non-hydrogen) atoms. The molecule has 0 radical (unpaired) electrons. The summed E-state index contributed by atoms with van der Waals surface area (Å²) in [6, 6.07) is 14.6. The number of hydrogen-bond donors (Lipinski definition) is 0. The summed E-state index contributed by atoms with van der Waals surface area (Å²) in [6.07, 6.45) is 4.87. The van der Waals surface area contributed by atoms with E-state index in [2.05, 4.69) is 60.8 Å². The molecule has 0 saturated heterocycles. The van der Waals surface area contributed by atoms with Crippen LogP contribution >= 0.6 is 0 Å². The lowest BCUT2D eigenvalue weighted by Gasteiger charge is -2.21. The van der Waals surface area contributed by atoms with Crippen LogP contribution in [0.1, 0.15) is 37.8 Å². The second-order valence-corrected chi connectivity index (χ2v) is 6.22. The van der Waals surface area contributed by atoms with E-state index < -0.39 is 0 Å². The van der Waals surface area contributed by atoms with Crippen molar-refractivity contribution >= 4 is 0 Å². The fourth-order valence-electron chi connectivity index (χ4n) is 3.09. The van der Waals surface area contributed by atoms with Crippen molar-refractivity contribution in [3.05, 3.63) is 66.0 Å².